The van der Waals surface area contributed by atoms with Crippen LogP contribution in [0, 0.1) is 0 Å². The molecule has 0 radical (unpaired) electrons. The standard InChI is InChI=1S/C8HF17O3S/c9-1(5(14,15)16,6(17,18)19)3(10,11)2(7(20,21)22,29(26,27)28)4(12,13)8(23,24)25/h(H,26,27,28)/p-1. The maximum atomic E-state index is 13.7. The topological polar surface area (TPSA) is 57.2 Å². The van der Waals surface area contributed by atoms with Crippen LogP contribution >= 0.6 is 0 Å². The van der Waals surface area contributed by atoms with Gasteiger partial charge in [-0.1, -0.05) is 0 Å². The molecule has 0 aromatic carbocycles. The van der Waals surface area contributed by atoms with Gasteiger partial charge in [0.25, 0.3) is 4.75 Å². The van der Waals surface area contributed by atoms with Crippen molar-refractivity contribution in [2.75, 3.05) is 0 Å². The van der Waals surface area contributed by atoms with E-state index in [9.17, 15) is 87.6 Å². The van der Waals surface area contributed by atoms with Gasteiger partial charge in [-0.05, 0) is 0 Å². The molecule has 0 aromatic heterocycles. The summed E-state index contributed by atoms with van der Waals surface area (Å²) in [5.41, 5.74) is -9.02. The summed E-state index contributed by atoms with van der Waals surface area (Å²) >= 11 is 0. The zero-order chi connectivity index (χ0) is 24.5. The molecule has 0 fully saturated rings. The largest absolute Gasteiger partial charge is 0.747 e. The summed E-state index contributed by atoms with van der Waals surface area (Å²) in [5, 5.41) is 0. The molecule has 21 heteroatoms. The van der Waals surface area contributed by atoms with Gasteiger partial charge in [0, 0.05) is 0 Å². The molecule has 0 rings (SSSR count). The van der Waals surface area contributed by atoms with Crippen LogP contribution in [-0.2, 0) is 10.1 Å². The highest BCUT2D eigenvalue weighted by atomic mass is 32.2. The first-order valence-electron chi connectivity index (χ1n) is 5.67. The smallest absolute Gasteiger partial charge is 0.455 e. The lowest BCUT2D eigenvalue weighted by Gasteiger charge is -2.50. The van der Waals surface area contributed by atoms with Crippen molar-refractivity contribution in [3.8, 4) is 0 Å². The Morgan fingerprint density at radius 2 is 0.724 bits per heavy atom. The molecule has 0 spiro atoms. The minimum Gasteiger partial charge on any atom is -0.747 e. The summed E-state index contributed by atoms with van der Waals surface area (Å²) in [6.07, 6.45) is -34.1. The van der Waals surface area contributed by atoms with E-state index in [0.717, 1.165) is 0 Å². The second-order valence-corrected chi connectivity index (χ2v) is 6.45. The summed E-state index contributed by atoms with van der Waals surface area (Å²) < 4.78 is 239. The van der Waals surface area contributed by atoms with Crippen LogP contribution in [0.2, 0.25) is 0 Å². The highest BCUT2D eigenvalue weighted by Crippen LogP contribution is 2.68. The molecule has 0 amide bonds. The van der Waals surface area contributed by atoms with Gasteiger partial charge < -0.3 is 4.55 Å². The molecule has 0 N–H and O–H groups in total. The van der Waals surface area contributed by atoms with Crippen LogP contribution in [0.25, 0.3) is 0 Å². The number of rotatable bonds is 4. The van der Waals surface area contributed by atoms with Gasteiger partial charge in [0.15, 0.2) is 0 Å². The lowest BCUT2D eigenvalue weighted by Crippen LogP contribution is -2.84. The van der Waals surface area contributed by atoms with E-state index in [1.54, 1.807) is 0 Å². The van der Waals surface area contributed by atoms with E-state index in [1.165, 1.54) is 0 Å². The number of alkyl halides is 17. The van der Waals surface area contributed by atoms with E-state index < -0.39 is 57.1 Å². The van der Waals surface area contributed by atoms with Gasteiger partial charge in [0.05, 0.1) is 0 Å². The van der Waals surface area contributed by atoms with Crippen molar-refractivity contribution < 1.29 is 87.6 Å². The fourth-order valence-electron chi connectivity index (χ4n) is 1.97. The number of hydrogen-bond donors (Lipinski definition) is 0. The molecule has 0 heterocycles. The van der Waals surface area contributed by atoms with Crippen molar-refractivity contribution in [2.45, 2.75) is 47.0 Å². The van der Waals surface area contributed by atoms with Crippen molar-refractivity contribution in [2.24, 2.45) is 0 Å². The molecular weight excluding hydrogens is 499 g/mol. The first-order chi connectivity index (χ1) is 12.0. The van der Waals surface area contributed by atoms with Crippen molar-refractivity contribution in [1.82, 2.24) is 0 Å². The highest BCUT2D eigenvalue weighted by Gasteiger charge is 3.01. The monoisotopic (exact) mass is 499 g/mol. The maximum Gasteiger partial charge on any atom is 0.455 e. The minimum atomic E-state index is -9.37. The van der Waals surface area contributed by atoms with Crippen molar-refractivity contribution >= 4 is 10.1 Å². The Balaban J connectivity index is 8.15. The van der Waals surface area contributed by atoms with Gasteiger partial charge in [-0.15, -0.1) is 0 Å². The van der Waals surface area contributed by atoms with Gasteiger partial charge in [-0.3, -0.25) is 0 Å². The molecule has 3 nitrogen and oxygen atoms in total. The van der Waals surface area contributed by atoms with Crippen LogP contribution in [0.4, 0.5) is 74.6 Å². The van der Waals surface area contributed by atoms with Gasteiger partial charge in [-0.25, -0.2) is 12.8 Å². The van der Waals surface area contributed by atoms with Crippen molar-refractivity contribution in [3.05, 3.63) is 0 Å². The Morgan fingerprint density at radius 1 is 0.448 bits per heavy atom. The second-order valence-electron chi connectivity index (χ2n) is 4.93. The predicted octanol–water partition coefficient (Wildman–Crippen LogP) is 4.50. The van der Waals surface area contributed by atoms with Crippen LogP contribution < -0.4 is 0 Å². The summed E-state index contributed by atoms with van der Waals surface area (Å²) in [6.45, 7) is 0. The predicted molar refractivity (Wildman–Crippen MR) is 50.4 cm³/mol. The zero-order valence-electron chi connectivity index (χ0n) is 12.1. The van der Waals surface area contributed by atoms with Crippen LogP contribution in [0.3, 0.4) is 0 Å². The molecule has 1 atom stereocenters. The van der Waals surface area contributed by atoms with Crippen LogP contribution in [0.1, 0.15) is 0 Å². The molecular formula is C8F17O3S-. The summed E-state index contributed by atoms with van der Waals surface area (Å²) in [6, 6.07) is 0. The highest BCUT2D eigenvalue weighted by molar-refractivity contribution is 7.87. The average molecular weight is 499 g/mol. The van der Waals surface area contributed by atoms with Crippen LogP contribution in [0.15, 0.2) is 0 Å². The summed E-state index contributed by atoms with van der Waals surface area (Å²) in [4.78, 5) is 0. The van der Waals surface area contributed by atoms with Gasteiger partial charge in [0.2, 0.25) is 0 Å². The molecule has 0 saturated heterocycles. The third-order valence-corrected chi connectivity index (χ3v) is 4.72. The number of hydrogen-bond acceptors (Lipinski definition) is 3. The Bertz CT molecular complexity index is 708. The third kappa shape index (κ3) is 3.26. The normalized spacial score (nSPS) is 18.6. The SMILES string of the molecule is O=S(=O)([O-])C(C(F)(F)F)(C(F)(F)C(F)(F)F)C(F)(F)C(F)(C(F)(F)F)C(F)(F)F. The van der Waals surface area contributed by atoms with Gasteiger partial charge >= 0.3 is 42.2 Å². The molecule has 29 heavy (non-hydrogen) atoms. The van der Waals surface area contributed by atoms with Crippen LogP contribution in [0.5, 0.6) is 0 Å². The Hall–Kier alpha value is -1.28. The molecule has 0 bridgehead atoms. The summed E-state index contributed by atoms with van der Waals surface area (Å²) in [7, 11) is -9.32. The van der Waals surface area contributed by atoms with E-state index in [2.05, 4.69) is 0 Å². The Kier molecular flexibility index (Phi) is 6.08. The molecule has 1 unspecified atom stereocenters. The summed E-state index contributed by atoms with van der Waals surface area (Å²) in [5.74, 6) is -18.3. The lowest BCUT2D eigenvalue weighted by atomic mass is 9.80. The van der Waals surface area contributed by atoms with Gasteiger partial charge in [0.1, 0.15) is 10.1 Å². The quantitative estimate of drug-likeness (QED) is 0.423. The molecule has 0 aliphatic rings. The van der Waals surface area contributed by atoms with E-state index in [1.807, 2.05) is 0 Å². The maximum absolute atomic E-state index is 13.7. The minimum absolute atomic E-state index is 8.35. The molecule has 0 aliphatic carbocycles. The fourth-order valence-corrected chi connectivity index (χ4v) is 3.14. The van der Waals surface area contributed by atoms with Crippen molar-refractivity contribution in [1.29, 1.82) is 0 Å². The molecule has 0 saturated carbocycles. The third-order valence-electron chi connectivity index (χ3n) is 3.23. The number of halogens is 17. The second kappa shape index (κ2) is 6.36. The lowest BCUT2D eigenvalue weighted by molar-refractivity contribution is -0.439. The average Bonchev–Trinajstić information content (AvgIpc) is 2.28. The molecule has 0 aliphatic heterocycles. The first-order valence-corrected chi connectivity index (χ1v) is 7.08. The van der Waals surface area contributed by atoms with Crippen LogP contribution in [-0.4, -0.2) is 59.9 Å². The fraction of sp³-hybridized carbons (Fsp3) is 1.00. The first kappa shape index (κ1) is 27.7. The van der Waals surface area contributed by atoms with E-state index >= 15 is 0 Å². The van der Waals surface area contributed by atoms with E-state index in [0.29, 0.717) is 0 Å². The Labute approximate surface area is 146 Å². The molecule has 176 valence electrons. The Morgan fingerprint density at radius 3 is 0.862 bits per heavy atom. The van der Waals surface area contributed by atoms with Gasteiger partial charge in [-0.2, -0.15) is 70.2 Å². The zero-order valence-corrected chi connectivity index (χ0v) is 12.9. The van der Waals surface area contributed by atoms with E-state index in [-0.39, 0.29) is 0 Å². The molecule has 0 aromatic rings. The van der Waals surface area contributed by atoms with Crippen molar-refractivity contribution in [3.63, 3.8) is 0 Å². The van der Waals surface area contributed by atoms with E-state index in [4.69, 9.17) is 0 Å².